The fourth-order valence-electron chi connectivity index (χ4n) is 1.35. The van der Waals surface area contributed by atoms with Crippen molar-refractivity contribution in [2.45, 2.75) is 6.10 Å². The van der Waals surface area contributed by atoms with E-state index >= 15 is 0 Å². The van der Waals surface area contributed by atoms with Crippen molar-refractivity contribution in [1.29, 1.82) is 0 Å². The predicted octanol–water partition coefficient (Wildman–Crippen LogP) is 1.45. The number of nitrogens with one attached hydrogen (secondary N) is 1. The Balaban J connectivity index is 3.22. The highest BCUT2D eigenvalue weighted by Gasteiger charge is 2.21. The normalized spacial score (nSPS) is 12.6. The van der Waals surface area contributed by atoms with Gasteiger partial charge in [-0.1, -0.05) is 11.6 Å². The Bertz CT molecular complexity index is 387. The number of phenolic OH excluding ortho intramolecular Hbond substituents is 1. The number of benzene rings is 1. The van der Waals surface area contributed by atoms with Crippen LogP contribution in [0, 0.1) is 5.82 Å². The SMILES string of the molecule is CNCC(O)c1cc(Cl)c(OC)c(F)c1O. The van der Waals surface area contributed by atoms with Gasteiger partial charge in [-0.05, 0) is 13.1 Å². The van der Waals surface area contributed by atoms with E-state index in [-0.39, 0.29) is 22.9 Å². The van der Waals surface area contributed by atoms with Gasteiger partial charge in [0.25, 0.3) is 0 Å². The maximum atomic E-state index is 13.5. The van der Waals surface area contributed by atoms with Crippen LogP contribution in [-0.2, 0) is 0 Å². The van der Waals surface area contributed by atoms with Crippen molar-refractivity contribution >= 4 is 11.6 Å². The largest absolute Gasteiger partial charge is 0.504 e. The van der Waals surface area contributed by atoms with Crippen LogP contribution in [0.15, 0.2) is 6.07 Å². The predicted molar refractivity (Wildman–Crippen MR) is 58.5 cm³/mol. The molecule has 4 nitrogen and oxygen atoms in total. The lowest BCUT2D eigenvalue weighted by Crippen LogP contribution is -2.17. The Kier molecular flexibility index (Phi) is 4.35. The molecule has 1 unspecified atom stereocenters. The molecule has 90 valence electrons. The molecule has 0 radical (unpaired) electrons. The third kappa shape index (κ3) is 2.37. The highest BCUT2D eigenvalue weighted by atomic mass is 35.5. The van der Waals surface area contributed by atoms with Gasteiger partial charge in [-0.3, -0.25) is 0 Å². The standard InChI is InChI=1S/C10H13ClFNO3/c1-13-4-7(14)5-3-6(11)10(16-2)8(12)9(5)15/h3,7,13-15H,4H2,1-2H3. The summed E-state index contributed by atoms with van der Waals surface area (Å²) in [5.74, 6) is -1.86. The minimum Gasteiger partial charge on any atom is -0.504 e. The zero-order valence-electron chi connectivity index (χ0n) is 8.92. The second-order valence-corrected chi connectivity index (χ2v) is 3.62. The van der Waals surface area contributed by atoms with E-state index in [0.717, 1.165) is 0 Å². The first-order chi connectivity index (χ1) is 7.52. The van der Waals surface area contributed by atoms with Gasteiger partial charge in [0.1, 0.15) is 0 Å². The van der Waals surface area contributed by atoms with E-state index in [1.165, 1.54) is 13.2 Å². The van der Waals surface area contributed by atoms with Gasteiger partial charge in [-0.2, -0.15) is 4.39 Å². The minimum atomic E-state index is -1.04. The zero-order valence-corrected chi connectivity index (χ0v) is 9.68. The minimum absolute atomic E-state index is 0.00273. The Morgan fingerprint density at radius 3 is 2.75 bits per heavy atom. The molecule has 0 amide bonds. The number of methoxy groups -OCH3 is 1. The molecule has 1 rings (SSSR count). The van der Waals surface area contributed by atoms with Gasteiger partial charge in [0.15, 0.2) is 11.5 Å². The maximum absolute atomic E-state index is 13.5. The third-order valence-corrected chi connectivity index (χ3v) is 2.42. The van der Waals surface area contributed by atoms with Gasteiger partial charge >= 0.3 is 0 Å². The molecule has 0 fully saturated rings. The molecule has 6 heteroatoms. The summed E-state index contributed by atoms with van der Waals surface area (Å²) in [5, 5.41) is 21.9. The van der Waals surface area contributed by atoms with Crippen LogP contribution in [0.4, 0.5) is 4.39 Å². The van der Waals surface area contributed by atoms with Crippen molar-refractivity contribution in [3.8, 4) is 11.5 Å². The first-order valence-corrected chi connectivity index (χ1v) is 4.98. The second kappa shape index (κ2) is 5.34. The molecule has 0 saturated carbocycles. The van der Waals surface area contributed by atoms with E-state index in [1.807, 2.05) is 0 Å². The summed E-state index contributed by atoms with van der Waals surface area (Å²) < 4.78 is 18.2. The Hall–Kier alpha value is -1.04. The summed E-state index contributed by atoms with van der Waals surface area (Å²) >= 11 is 5.74. The van der Waals surface area contributed by atoms with Crippen LogP contribution in [0.3, 0.4) is 0 Å². The molecule has 0 aliphatic rings. The lowest BCUT2D eigenvalue weighted by Gasteiger charge is -2.15. The van der Waals surface area contributed by atoms with Crippen LogP contribution in [0.25, 0.3) is 0 Å². The lowest BCUT2D eigenvalue weighted by molar-refractivity contribution is 0.172. The molecule has 0 aliphatic carbocycles. The summed E-state index contributed by atoms with van der Waals surface area (Å²) in [6.45, 7) is 0.176. The molecule has 3 N–H and O–H groups in total. The van der Waals surface area contributed by atoms with Crippen molar-refractivity contribution in [2.75, 3.05) is 20.7 Å². The van der Waals surface area contributed by atoms with E-state index in [1.54, 1.807) is 7.05 Å². The first-order valence-electron chi connectivity index (χ1n) is 4.60. The van der Waals surface area contributed by atoms with Crippen molar-refractivity contribution in [3.63, 3.8) is 0 Å². The van der Waals surface area contributed by atoms with Crippen molar-refractivity contribution in [2.24, 2.45) is 0 Å². The number of hydrogen-bond donors (Lipinski definition) is 3. The van der Waals surface area contributed by atoms with Gasteiger partial charge in [0.05, 0.1) is 18.2 Å². The van der Waals surface area contributed by atoms with Gasteiger partial charge in [0.2, 0.25) is 5.82 Å². The number of aliphatic hydroxyl groups excluding tert-OH is 1. The number of aliphatic hydroxyl groups is 1. The molecule has 0 heterocycles. The van der Waals surface area contributed by atoms with Crippen LogP contribution in [0.1, 0.15) is 11.7 Å². The monoisotopic (exact) mass is 249 g/mol. The van der Waals surface area contributed by atoms with Crippen molar-refractivity contribution < 1.29 is 19.3 Å². The molecule has 0 aliphatic heterocycles. The third-order valence-electron chi connectivity index (χ3n) is 2.14. The number of aromatic hydroxyl groups is 1. The number of hydrogen-bond acceptors (Lipinski definition) is 4. The van der Waals surface area contributed by atoms with Crippen LogP contribution < -0.4 is 10.1 Å². The lowest BCUT2D eigenvalue weighted by atomic mass is 10.1. The summed E-state index contributed by atoms with van der Waals surface area (Å²) in [5.41, 5.74) is 0.0256. The number of rotatable bonds is 4. The Labute approximate surface area is 97.6 Å². The smallest absolute Gasteiger partial charge is 0.208 e. The number of phenols is 1. The van der Waals surface area contributed by atoms with E-state index in [4.69, 9.17) is 11.6 Å². The van der Waals surface area contributed by atoms with Gasteiger partial charge in [-0.25, -0.2) is 0 Å². The summed E-state index contributed by atoms with van der Waals surface area (Å²) in [7, 11) is 2.87. The van der Waals surface area contributed by atoms with E-state index in [2.05, 4.69) is 10.1 Å². The number of halogens is 2. The molecule has 0 bridgehead atoms. The number of likely N-dealkylation sites (N-methyl/N-ethyl adjacent to an activating group) is 1. The van der Waals surface area contributed by atoms with Crippen LogP contribution in [0.5, 0.6) is 11.5 Å². The Morgan fingerprint density at radius 2 is 2.25 bits per heavy atom. The fraction of sp³-hybridized carbons (Fsp3) is 0.400. The van der Waals surface area contributed by atoms with E-state index in [9.17, 15) is 14.6 Å². The molecule has 16 heavy (non-hydrogen) atoms. The molecule has 1 aromatic carbocycles. The van der Waals surface area contributed by atoms with Crippen LogP contribution in [0.2, 0.25) is 5.02 Å². The van der Waals surface area contributed by atoms with Crippen molar-refractivity contribution in [3.05, 3.63) is 22.5 Å². The van der Waals surface area contributed by atoms with Gasteiger partial charge < -0.3 is 20.3 Å². The van der Waals surface area contributed by atoms with Gasteiger partial charge in [0, 0.05) is 12.1 Å². The summed E-state index contributed by atoms with van der Waals surface area (Å²) in [6.07, 6.45) is -1.04. The highest BCUT2D eigenvalue weighted by molar-refractivity contribution is 6.32. The second-order valence-electron chi connectivity index (χ2n) is 3.22. The quantitative estimate of drug-likeness (QED) is 0.756. The van der Waals surface area contributed by atoms with Crippen LogP contribution >= 0.6 is 11.6 Å². The van der Waals surface area contributed by atoms with E-state index in [0.29, 0.717) is 0 Å². The molecule has 0 spiro atoms. The first kappa shape index (κ1) is 13.0. The molecular weight excluding hydrogens is 237 g/mol. The van der Waals surface area contributed by atoms with Crippen molar-refractivity contribution in [1.82, 2.24) is 5.32 Å². The fourth-order valence-corrected chi connectivity index (χ4v) is 1.63. The average molecular weight is 250 g/mol. The topological polar surface area (TPSA) is 61.7 Å². The van der Waals surface area contributed by atoms with Crippen LogP contribution in [-0.4, -0.2) is 30.9 Å². The van der Waals surface area contributed by atoms with E-state index < -0.39 is 17.7 Å². The summed E-state index contributed by atoms with van der Waals surface area (Å²) in [4.78, 5) is 0. The molecule has 0 aromatic heterocycles. The van der Waals surface area contributed by atoms with Gasteiger partial charge in [-0.15, -0.1) is 0 Å². The molecule has 1 atom stereocenters. The zero-order chi connectivity index (χ0) is 12.3. The molecule has 1 aromatic rings. The molecular formula is C10H13ClFNO3. The molecule has 0 saturated heterocycles. The summed E-state index contributed by atoms with van der Waals surface area (Å²) in [6, 6.07) is 1.28. The Morgan fingerprint density at radius 1 is 1.62 bits per heavy atom. The number of ether oxygens (including phenoxy) is 1. The maximum Gasteiger partial charge on any atom is 0.208 e. The highest BCUT2D eigenvalue weighted by Crippen LogP contribution is 2.38. The average Bonchev–Trinajstić information content (AvgIpc) is 2.24.